The van der Waals surface area contributed by atoms with E-state index in [1.54, 1.807) is 47.4 Å². The summed E-state index contributed by atoms with van der Waals surface area (Å²) in [7, 11) is -3.50. The van der Waals surface area contributed by atoms with Gasteiger partial charge < -0.3 is 5.32 Å². The summed E-state index contributed by atoms with van der Waals surface area (Å²) in [5.41, 5.74) is 2.39. The number of benzene rings is 2. The van der Waals surface area contributed by atoms with Gasteiger partial charge in [0.1, 0.15) is 12.7 Å². The Kier molecular flexibility index (Phi) is 7.19. The lowest BCUT2D eigenvalue weighted by molar-refractivity contribution is 0.0940. The number of hydrogen-bond acceptors (Lipinski definition) is 5. The molecule has 164 valence electrons. The van der Waals surface area contributed by atoms with Crippen molar-refractivity contribution in [3.8, 4) is 0 Å². The number of carbonyl (C=O) groups excluding carboxylic acids is 1. The van der Waals surface area contributed by atoms with Gasteiger partial charge in [0.15, 0.2) is 0 Å². The van der Waals surface area contributed by atoms with E-state index in [1.165, 1.54) is 10.6 Å². The summed E-state index contributed by atoms with van der Waals surface area (Å²) in [5.74, 6) is -0.195. The minimum atomic E-state index is -3.50. The SMILES string of the molecule is CCN(CC)S(=O)(=O)c1ccc(C(C)NC(=O)c2ccc(Cn3cncn3)cc2)cc1. The standard InChI is InChI=1S/C22H27N5O3S/c1-4-27(5-2)31(29,30)21-12-10-19(11-13-21)17(3)25-22(28)20-8-6-18(7-9-20)14-26-16-23-15-24-26/h6-13,15-17H,4-5,14H2,1-3H3,(H,25,28). The molecule has 0 fully saturated rings. The second-order valence-electron chi connectivity index (χ2n) is 7.14. The smallest absolute Gasteiger partial charge is 0.251 e. The van der Waals surface area contributed by atoms with Gasteiger partial charge in [-0.25, -0.2) is 18.1 Å². The van der Waals surface area contributed by atoms with Crippen LogP contribution in [0.25, 0.3) is 0 Å². The van der Waals surface area contributed by atoms with Gasteiger partial charge >= 0.3 is 0 Å². The molecule has 9 heteroatoms. The maximum Gasteiger partial charge on any atom is 0.251 e. The van der Waals surface area contributed by atoms with E-state index in [2.05, 4.69) is 15.4 Å². The van der Waals surface area contributed by atoms with E-state index in [9.17, 15) is 13.2 Å². The van der Waals surface area contributed by atoms with Crippen molar-refractivity contribution in [2.24, 2.45) is 0 Å². The molecule has 0 bridgehead atoms. The molecule has 0 aliphatic carbocycles. The first-order valence-corrected chi connectivity index (χ1v) is 11.6. The highest BCUT2D eigenvalue weighted by atomic mass is 32.2. The highest BCUT2D eigenvalue weighted by molar-refractivity contribution is 7.89. The second kappa shape index (κ2) is 9.84. The van der Waals surface area contributed by atoms with Crippen LogP contribution >= 0.6 is 0 Å². The molecule has 1 atom stereocenters. The number of sulfonamides is 1. The molecule has 0 saturated carbocycles. The van der Waals surface area contributed by atoms with Crippen LogP contribution in [0.2, 0.25) is 0 Å². The number of amides is 1. The Hall–Kier alpha value is -3.04. The maximum atomic E-state index is 12.6. The van der Waals surface area contributed by atoms with E-state index in [-0.39, 0.29) is 16.8 Å². The van der Waals surface area contributed by atoms with Crippen molar-refractivity contribution in [2.75, 3.05) is 13.1 Å². The zero-order valence-corrected chi connectivity index (χ0v) is 18.7. The largest absolute Gasteiger partial charge is 0.346 e. The molecule has 1 amide bonds. The minimum Gasteiger partial charge on any atom is -0.346 e. The summed E-state index contributed by atoms with van der Waals surface area (Å²) >= 11 is 0. The second-order valence-corrected chi connectivity index (χ2v) is 9.08. The van der Waals surface area contributed by atoms with Crippen molar-refractivity contribution in [1.29, 1.82) is 0 Å². The van der Waals surface area contributed by atoms with E-state index in [4.69, 9.17) is 0 Å². The van der Waals surface area contributed by atoms with E-state index in [0.29, 0.717) is 25.2 Å². The Bertz CT molecular complexity index is 1090. The van der Waals surface area contributed by atoms with Crippen LogP contribution in [0.4, 0.5) is 0 Å². The molecule has 1 N–H and O–H groups in total. The molecule has 2 aromatic carbocycles. The van der Waals surface area contributed by atoms with E-state index < -0.39 is 10.0 Å². The molecule has 0 saturated heterocycles. The van der Waals surface area contributed by atoms with Gasteiger partial charge in [0.05, 0.1) is 17.5 Å². The molecule has 3 aromatic rings. The molecule has 1 heterocycles. The number of nitrogens with zero attached hydrogens (tertiary/aromatic N) is 4. The number of hydrogen-bond donors (Lipinski definition) is 1. The summed E-state index contributed by atoms with van der Waals surface area (Å²) in [6.07, 6.45) is 3.12. The van der Waals surface area contributed by atoms with Gasteiger partial charge in [-0.05, 0) is 42.3 Å². The van der Waals surface area contributed by atoms with Crippen molar-refractivity contribution in [1.82, 2.24) is 24.4 Å². The van der Waals surface area contributed by atoms with Crippen LogP contribution in [0.1, 0.15) is 48.3 Å². The highest BCUT2D eigenvalue weighted by Crippen LogP contribution is 2.20. The topological polar surface area (TPSA) is 97.2 Å². The van der Waals surface area contributed by atoms with Crippen molar-refractivity contribution >= 4 is 15.9 Å². The first-order valence-electron chi connectivity index (χ1n) is 10.2. The number of nitrogens with one attached hydrogen (secondary N) is 1. The van der Waals surface area contributed by atoms with Crippen LogP contribution in [-0.4, -0.2) is 46.5 Å². The molecule has 31 heavy (non-hydrogen) atoms. The van der Waals surface area contributed by atoms with Gasteiger partial charge in [0.25, 0.3) is 5.91 Å². The molecule has 0 aliphatic rings. The number of rotatable bonds is 9. The summed E-state index contributed by atoms with van der Waals surface area (Å²) in [6.45, 7) is 6.92. The van der Waals surface area contributed by atoms with Crippen LogP contribution < -0.4 is 5.32 Å². The highest BCUT2D eigenvalue weighted by Gasteiger charge is 2.21. The van der Waals surface area contributed by atoms with Crippen molar-refractivity contribution in [3.05, 3.63) is 77.9 Å². The molecule has 0 spiro atoms. The quantitative estimate of drug-likeness (QED) is 0.551. The van der Waals surface area contributed by atoms with Crippen LogP contribution in [0.15, 0.2) is 66.1 Å². The first-order chi connectivity index (χ1) is 14.8. The third-order valence-electron chi connectivity index (χ3n) is 5.10. The molecule has 8 nitrogen and oxygen atoms in total. The monoisotopic (exact) mass is 441 g/mol. The molecule has 0 radical (unpaired) electrons. The molecular weight excluding hydrogens is 414 g/mol. The van der Waals surface area contributed by atoms with Gasteiger partial charge in [-0.3, -0.25) is 4.79 Å². The third kappa shape index (κ3) is 5.36. The van der Waals surface area contributed by atoms with E-state index >= 15 is 0 Å². The van der Waals surface area contributed by atoms with Crippen molar-refractivity contribution in [2.45, 2.75) is 38.3 Å². The fourth-order valence-corrected chi connectivity index (χ4v) is 4.73. The van der Waals surface area contributed by atoms with Crippen LogP contribution in [-0.2, 0) is 16.6 Å². The number of aromatic nitrogens is 3. The molecule has 0 aliphatic heterocycles. The maximum absolute atomic E-state index is 12.6. The van der Waals surface area contributed by atoms with Gasteiger partial charge in [-0.2, -0.15) is 9.40 Å². The zero-order chi connectivity index (χ0) is 22.4. The molecule has 3 rings (SSSR count). The van der Waals surface area contributed by atoms with Gasteiger partial charge in [0, 0.05) is 18.7 Å². The molecule has 1 aromatic heterocycles. The Balaban J connectivity index is 1.64. The number of carbonyl (C=O) groups is 1. The van der Waals surface area contributed by atoms with Crippen molar-refractivity contribution in [3.63, 3.8) is 0 Å². The first kappa shape index (κ1) is 22.6. The normalized spacial score (nSPS) is 12.6. The Morgan fingerprint density at radius 1 is 1.06 bits per heavy atom. The Morgan fingerprint density at radius 3 is 2.26 bits per heavy atom. The van der Waals surface area contributed by atoms with Gasteiger partial charge in [-0.15, -0.1) is 0 Å². The molecular formula is C22H27N5O3S. The van der Waals surface area contributed by atoms with Gasteiger partial charge in [-0.1, -0.05) is 38.1 Å². The fourth-order valence-electron chi connectivity index (χ4n) is 3.27. The van der Waals surface area contributed by atoms with Gasteiger partial charge in [0.2, 0.25) is 10.0 Å². The van der Waals surface area contributed by atoms with Crippen LogP contribution in [0, 0.1) is 0 Å². The van der Waals surface area contributed by atoms with E-state index in [1.807, 2.05) is 32.9 Å². The predicted octanol–water partition coefficient (Wildman–Crippen LogP) is 2.85. The minimum absolute atomic E-state index is 0.195. The average molecular weight is 442 g/mol. The summed E-state index contributed by atoms with van der Waals surface area (Å²) in [4.78, 5) is 16.8. The summed E-state index contributed by atoms with van der Waals surface area (Å²) in [6, 6.07) is 13.7. The summed E-state index contributed by atoms with van der Waals surface area (Å²) in [5, 5.41) is 7.02. The Labute approximate surface area is 183 Å². The van der Waals surface area contributed by atoms with Crippen LogP contribution in [0.5, 0.6) is 0 Å². The lowest BCUT2D eigenvalue weighted by Crippen LogP contribution is -2.30. The predicted molar refractivity (Wildman–Crippen MR) is 118 cm³/mol. The molecule has 1 unspecified atom stereocenters. The van der Waals surface area contributed by atoms with Crippen LogP contribution in [0.3, 0.4) is 0 Å². The lowest BCUT2D eigenvalue weighted by atomic mass is 10.1. The average Bonchev–Trinajstić information content (AvgIpc) is 3.28. The summed E-state index contributed by atoms with van der Waals surface area (Å²) < 4.78 is 28.4. The lowest BCUT2D eigenvalue weighted by Gasteiger charge is -2.19. The Morgan fingerprint density at radius 2 is 1.71 bits per heavy atom. The third-order valence-corrected chi connectivity index (χ3v) is 7.16. The van der Waals surface area contributed by atoms with Crippen molar-refractivity contribution < 1.29 is 13.2 Å². The zero-order valence-electron chi connectivity index (χ0n) is 17.9. The van der Waals surface area contributed by atoms with E-state index in [0.717, 1.165) is 11.1 Å². The fraction of sp³-hybridized carbons (Fsp3) is 0.318.